The molecule has 5 aliphatic rings. The number of carbonyl (C=O) groups excluding carboxylic acids is 3. The summed E-state index contributed by atoms with van der Waals surface area (Å²) in [6.45, 7) is 18.7. The molecule has 5 fully saturated rings. The van der Waals surface area contributed by atoms with Gasteiger partial charge in [-0.15, -0.1) is 0 Å². The number of fused-ring (bicyclic) bond motifs is 10. The molecule has 48 heavy (non-hydrogen) atoms. The van der Waals surface area contributed by atoms with E-state index in [0.717, 1.165) is 0 Å². The fourth-order valence-electron chi connectivity index (χ4n) is 8.57. The van der Waals surface area contributed by atoms with Crippen LogP contribution in [0.2, 0.25) is 0 Å². The highest BCUT2D eigenvalue weighted by atomic mass is 16.7. The molecule has 2 bridgehead atoms. The first-order chi connectivity index (χ1) is 22.4. The van der Waals surface area contributed by atoms with Crippen LogP contribution in [0.5, 0.6) is 0 Å². The molecule has 0 spiro atoms. The summed E-state index contributed by atoms with van der Waals surface area (Å²) in [5, 5.41) is 18.7. The average molecular weight is 682 g/mol. The first-order valence-electron chi connectivity index (χ1n) is 18.1. The van der Waals surface area contributed by atoms with Gasteiger partial charge < -0.3 is 44.3 Å². The molecular weight excluding hydrogens is 618 g/mol. The van der Waals surface area contributed by atoms with Crippen molar-refractivity contribution in [2.24, 2.45) is 23.2 Å². The van der Waals surface area contributed by atoms with Crippen molar-refractivity contribution in [2.75, 3.05) is 33.8 Å². The second-order valence-corrected chi connectivity index (χ2v) is 16.2. The molecule has 0 aliphatic carbocycles. The van der Waals surface area contributed by atoms with E-state index in [1.807, 2.05) is 46.7 Å². The van der Waals surface area contributed by atoms with Crippen molar-refractivity contribution in [1.82, 2.24) is 15.5 Å². The third-order valence-corrected chi connectivity index (χ3v) is 11.6. The molecule has 0 saturated carbocycles. The Kier molecular flexibility index (Phi) is 12.5. The Hall–Kier alpha value is -1.67. The molecule has 0 aromatic rings. The summed E-state index contributed by atoms with van der Waals surface area (Å²) >= 11 is 0. The Morgan fingerprint density at radius 3 is 2.44 bits per heavy atom. The number of rotatable bonds is 7. The van der Waals surface area contributed by atoms with E-state index in [1.54, 1.807) is 13.8 Å². The highest BCUT2D eigenvalue weighted by molar-refractivity contribution is 6.04. The van der Waals surface area contributed by atoms with E-state index in [4.69, 9.17) is 23.7 Å². The topological polar surface area (TPSA) is 145 Å². The summed E-state index contributed by atoms with van der Waals surface area (Å²) in [5.41, 5.74) is -3.55. The summed E-state index contributed by atoms with van der Waals surface area (Å²) in [4.78, 5) is 43.5. The first kappa shape index (κ1) is 39.1. The molecule has 3 unspecified atom stereocenters. The van der Waals surface area contributed by atoms with Gasteiger partial charge in [-0.2, -0.15) is 0 Å². The molecule has 3 N–H and O–H groups in total. The molecule has 276 valence electrons. The number of carbonyl (C=O) groups is 3. The molecular formula is C36H63N3O9. The summed E-state index contributed by atoms with van der Waals surface area (Å²) in [7, 11) is 3.85. The van der Waals surface area contributed by atoms with Gasteiger partial charge in [0.05, 0.1) is 24.2 Å². The van der Waals surface area contributed by atoms with E-state index < -0.39 is 53.1 Å². The Balaban J connectivity index is 1.74. The van der Waals surface area contributed by atoms with E-state index in [2.05, 4.69) is 31.4 Å². The monoisotopic (exact) mass is 681 g/mol. The molecule has 0 aromatic carbocycles. The maximum absolute atomic E-state index is 14.6. The van der Waals surface area contributed by atoms with E-state index in [9.17, 15) is 19.5 Å². The predicted octanol–water partition coefficient (Wildman–Crippen LogP) is 2.83. The van der Waals surface area contributed by atoms with Gasteiger partial charge in [0.1, 0.15) is 17.6 Å². The van der Waals surface area contributed by atoms with Gasteiger partial charge in [0.15, 0.2) is 17.7 Å². The van der Waals surface area contributed by atoms with Crippen LogP contribution < -0.4 is 10.6 Å². The molecule has 0 amide bonds. The minimum absolute atomic E-state index is 0.0700. The van der Waals surface area contributed by atoms with E-state index in [0.29, 0.717) is 32.4 Å². The van der Waals surface area contributed by atoms with Gasteiger partial charge >= 0.3 is 11.9 Å². The zero-order valence-electron chi connectivity index (χ0n) is 31.2. The van der Waals surface area contributed by atoms with E-state index in [-0.39, 0.29) is 67.3 Å². The molecule has 5 heterocycles. The van der Waals surface area contributed by atoms with Crippen LogP contribution in [0.1, 0.15) is 94.4 Å². The molecule has 12 nitrogen and oxygen atoms in total. The minimum Gasteiger partial charge on any atom is -0.457 e. The second-order valence-electron chi connectivity index (χ2n) is 16.2. The van der Waals surface area contributed by atoms with Crippen molar-refractivity contribution >= 4 is 17.7 Å². The van der Waals surface area contributed by atoms with Crippen LogP contribution in [-0.4, -0.2) is 122 Å². The fraction of sp³-hybridized carbons (Fsp3) is 0.917. The number of Topliss-reactive ketones (excluding diaryl/α,β-unsaturated/α-hetero) is 1. The number of ether oxygens (including phenoxy) is 5. The standard InChI is InChI=1S/C36H63N3O9/c1-12-27-36(9)25(16-28(40)48-36)23(6)38-18-21(4)17-35(8)31(22(5)30(42)34(7,13-14-44-35)33(43)46-27)47-32-29(41)26(39(10)11)15-24(45-32)19-37-20(2)3/h20-27,29,31-32,37-38,41H,12-19H2,1-11H3/t21-,22+,23-,24?,25-,26?,27-,29?,31-,32+,34+,35+,36+/m1/s1. The summed E-state index contributed by atoms with van der Waals surface area (Å²) in [6, 6.07) is -0.101. The third kappa shape index (κ3) is 7.95. The molecule has 0 radical (unpaired) electrons. The van der Waals surface area contributed by atoms with Crippen molar-refractivity contribution in [3.05, 3.63) is 0 Å². The number of nitrogens with zero attached hydrogens (tertiary/aromatic N) is 1. The smallest absolute Gasteiger partial charge is 0.319 e. The summed E-state index contributed by atoms with van der Waals surface area (Å²) in [6.07, 6.45) is -1.94. The number of likely N-dealkylation sites (N-methyl/N-ethyl adjacent to an activating group) is 1. The highest BCUT2D eigenvalue weighted by Crippen LogP contribution is 2.45. The number of aliphatic hydroxyl groups is 1. The van der Waals surface area contributed by atoms with Gasteiger partial charge in [0.2, 0.25) is 0 Å². The lowest BCUT2D eigenvalue weighted by Crippen LogP contribution is -2.62. The molecule has 13 atom stereocenters. The Morgan fingerprint density at radius 1 is 1.12 bits per heavy atom. The second kappa shape index (κ2) is 15.3. The average Bonchev–Trinajstić information content (AvgIpc) is 3.33. The number of hydrogen-bond acceptors (Lipinski definition) is 12. The molecule has 5 aliphatic heterocycles. The lowest BCUT2D eigenvalue weighted by Gasteiger charge is -2.49. The SMILES string of the molecule is CC[C@H]1OC(=O)[C@@]2(C)CCO[C@@](C)(C[C@@H](C)CN[C@H](C)[C@H]3CC(=O)O[C@@]31C)[C@H](O[C@@H]1OC(CNC(C)C)CC(N(C)C)C1O)[C@@H](C)C2=O. The van der Waals surface area contributed by atoms with Crippen LogP contribution in [0.4, 0.5) is 0 Å². The molecule has 0 aromatic heterocycles. The highest BCUT2D eigenvalue weighted by Gasteiger charge is 2.58. The zero-order chi connectivity index (χ0) is 35.8. The maximum atomic E-state index is 14.6. The van der Waals surface area contributed by atoms with Gasteiger partial charge in [-0.1, -0.05) is 34.6 Å². The molecule has 5 saturated heterocycles. The lowest BCUT2D eigenvalue weighted by atomic mass is 9.70. The van der Waals surface area contributed by atoms with Crippen LogP contribution in [0.25, 0.3) is 0 Å². The summed E-state index contributed by atoms with van der Waals surface area (Å²) in [5.74, 6) is -2.27. The van der Waals surface area contributed by atoms with Crippen molar-refractivity contribution in [3.63, 3.8) is 0 Å². The quantitative estimate of drug-likeness (QED) is 0.269. The Morgan fingerprint density at radius 2 is 1.81 bits per heavy atom. The summed E-state index contributed by atoms with van der Waals surface area (Å²) < 4.78 is 32.1. The van der Waals surface area contributed by atoms with Crippen LogP contribution in [0.15, 0.2) is 0 Å². The first-order valence-corrected chi connectivity index (χ1v) is 18.1. The number of hydrogen-bond donors (Lipinski definition) is 3. The number of esters is 2. The van der Waals surface area contributed by atoms with Crippen molar-refractivity contribution < 1.29 is 43.2 Å². The normalized spacial score (nSPS) is 44.9. The zero-order valence-corrected chi connectivity index (χ0v) is 31.2. The van der Waals surface area contributed by atoms with Crippen LogP contribution in [-0.2, 0) is 38.1 Å². The van der Waals surface area contributed by atoms with Crippen LogP contribution >= 0.6 is 0 Å². The van der Waals surface area contributed by atoms with Gasteiger partial charge in [-0.05, 0) is 79.9 Å². The van der Waals surface area contributed by atoms with Gasteiger partial charge in [0, 0.05) is 43.1 Å². The van der Waals surface area contributed by atoms with Gasteiger partial charge in [-0.3, -0.25) is 14.4 Å². The van der Waals surface area contributed by atoms with E-state index in [1.165, 1.54) is 0 Å². The maximum Gasteiger partial charge on any atom is 0.319 e. The van der Waals surface area contributed by atoms with Crippen molar-refractivity contribution in [1.29, 1.82) is 0 Å². The number of nitrogens with one attached hydrogen (secondary N) is 2. The largest absolute Gasteiger partial charge is 0.457 e. The lowest BCUT2D eigenvalue weighted by molar-refractivity contribution is -0.301. The minimum atomic E-state index is -1.54. The van der Waals surface area contributed by atoms with Crippen molar-refractivity contribution in [2.45, 2.75) is 154 Å². The molecule has 12 heteroatoms. The Bertz CT molecular complexity index is 1150. The molecule has 5 rings (SSSR count). The number of aliphatic hydroxyl groups excluding tert-OH is 1. The number of ketones is 1. The Labute approximate surface area is 287 Å². The van der Waals surface area contributed by atoms with Gasteiger partial charge in [0.25, 0.3) is 0 Å². The van der Waals surface area contributed by atoms with Gasteiger partial charge in [-0.25, -0.2) is 0 Å². The fourth-order valence-corrected chi connectivity index (χ4v) is 8.57. The van der Waals surface area contributed by atoms with Crippen LogP contribution in [0.3, 0.4) is 0 Å². The van der Waals surface area contributed by atoms with E-state index >= 15 is 0 Å². The van der Waals surface area contributed by atoms with Crippen molar-refractivity contribution in [3.8, 4) is 0 Å². The van der Waals surface area contributed by atoms with Crippen LogP contribution in [0, 0.1) is 23.2 Å². The third-order valence-electron chi connectivity index (χ3n) is 11.6. The predicted molar refractivity (Wildman–Crippen MR) is 180 cm³/mol.